The molecule has 0 radical (unpaired) electrons. The van der Waals surface area contributed by atoms with Crippen LogP contribution in [0.3, 0.4) is 0 Å². The van der Waals surface area contributed by atoms with Crippen molar-refractivity contribution in [1.82, 2.24) is 9.88 Å². The van der Waals surface area contributed by atoms with Crippen LogP contribution in [0.1, 0.15) is 16.1 Å². The predicted molar refractivity (Wildman–Crippen MR) is 67.4 cm³/mol. The van der Waals surface area contributed by atoms with Gasteiger partial charge in [0.15, 0.2) is 0 Å². The molecule has 0 aliphatic carbocycles. The Morgan fingerprint density at radius 3 is 2.89 bits per heavy atom. The first-order valence-corrected chi connectivity index (χ1v) is 5.51. The Bertz CT molecular complexity index is 577. The van der Waals surface area contributed by atoms with Crippen LogP contribution in [0.5, 0.6) is 0 Å². The van der Waals surface area contributed by atoms with E-state index in [9.17, 15) is 9.18 Å². The van der Waals surface area contributed by atoms with E-state index in [1.807, 2.05) is 29.9 Å². The average molecular weight is 247 g/mol. The second-order valence-electron chi connectivity index (χ2n) is 4.02. The van der Waals surface area contributed by atoms with Gasteiger partial charge in [0.05, 0.1) is 12.1 Å². The molecule has 1 aromatic carbocycles. The number of aryl methyl sites for hydroxylation is 1. The van der Waals surface area contributed by atoms with Crippen molar-refractivity contribution in [3.05, 3.63) is 53.6 Å². The molecule has 94 valence electrons. The highest BCUT2D eigenvalue weighted by Gasteiger charge is 2.10. The van der Waals surface area contributed by atoms with E-state index in [1.165, 1.54) is 12.1 Å². The van der Waals surface area contributed by atoms with Crippen molar-refractivity contribution in [3.63, 3.8) is 0 Å². The number of hydrogen-bond donors (Lipinski definition) is 2. The number of rotatable bonds is 3. The molecule has 1 aromatic heterocycles. The van der Waals surface area contributed by atoms with Gasteiger partial charge in [-0.3, -0.25) is 4.79 Å². The van der Waals surface area contributed by atoms with Crippen molar-refractivity contribution in [2.24, 2.45) is 7.05 Å². The van der Waals surface area contributed by atoms with Gasteiger partial charge in [0.25, 0.3) is 5.91 Å². The molecule has 0 saturated heterocycles. The number of anilines is 1. The molecule has 0 fully saturated rings. The average Bonchev–Trinajstić information content (AvgIpc) is 2.75. The van der Waals surface area contributed by atoms with Gasteiger partial charge in [0, 0.05) is 24.6 Å². The van der Waals surface area contributed by atoms with Gasteiger partial charge in [-0.25, -0.2) is 4.39 Å². The smallest absolute Gasteiger partial charge is 0.253 e. The molecule has 2 aromatic rings. The van der Waals surface area contributed by atoms with E-state index in [0.717, 1.165) is 11.8 Å². The number of nitrogen functional groups attached to an aromatic ring is 1. The van der Waals surface area contributed by atoms with Gasteiger partial charge in [-0.1, -0.05) is 0 Å². The third-order valence-corrected chi connectivity index (χ3v) is 2.74. The quantitative estimate of drug-likeness (QED) is 0.811. The number of nitrogens with two attached hydrogens (primary N) is 1. The van der Waals surface area contributed by atoms with E-state index in [0.29, 0.717) is 6.54 Å². The Kier molecular flexibility index (Phi) is 3.32. The van der Waals surface area contributed by atoms with Crippen molar-refractivity contribution < 1.29 is 9.18 Å². The van der Waals surface area contributed by atoms with Crippen LogP contribution in [0.15, 0.2) is 36.5 Å². The maximum absolute atomic E-state index is 13.0. The zero-order valence-electron chi connectivity index (χ0n) is 9.98. The number of carbonyl (C=O) groups excluding carboxylic acids is 1. The Hall–Kier alpha value is -2.30. The molecular weight excluding hydrogens is 233 g/mol. The highest BCUT2D eigenvalue weighted by molar-refractivity contribution is 5.99. The van der Waals surface area contributed by atoms with Crippen LogP contribution in [0.2, 0.25) is 0 Å². The van der Waals surface area contributed by atoms with Crippen molar-refractivity contribution in [1.29, 1.82) is 0 Å². The molecule has 5 heteroatoms. The summed E-state index contributed by atoms with van der Waals surface area (Å²) in [7, 11) is 1.89. The fourth-order valence-corrected chi connectivity index (χ4v) is 1.67. The van der Waals surface area contributed by atoms with Gasteiger partial charge in [0.1, 0.15) is 5.82 Å². The van der Waals surface area contributed by atoms with Gasteiger partial charge < -0.3 is 15.6 Å². The number of nitrogens with one attached hydrogen (secondary N) is 1. The lowest BCUT2D eigenvalue weighted by molar-refractivity contribution is 0.0950. The van der Waals surface area contributed by atoms with Crippen LogP contribution in [-0.4, -0.2) is 10.5 Å². The lowest BCUT2D eigenvalue weighted by Crippen LogP contribution is -2.24. The highest BCUT2D eigenvalue weighted by Crippen LogP contribution is 2.13. The molecule has 0 spiro atoms. The third kappa shape index (κ3) is 2.51. The fourth-order valence-electron chi connectivity index (χ4n) is 1.67. The molecule has 1 amide bonds. The Morgan fingerprint density at radius 2 is 2.22 bits per heavy atom. The van der Waals surface area contributed by atoms with Crippen LogP contribution in [0.4, 0.5) is 10.1 Å². The number of carbonyl (C=O) groups is 1. The largest absolute Gasteiger partial charge is 0.398 e. The van der Waals surface area contributed by atoms with E-state index in [1.54, 1.807) is 0 Å². The predicted octanol–water partition coefficient (Wildman–Crippen LogP) is 1.68. The molecule has 18 heavy (non-hydrogen) atoms. The summed E-state index contributed by atoms with van der Waals surface area (Å²) in [5, 5.41) is 2.70. The Balaban J connectivity index is 2.08. The second-order valence-corrected chi connectivity index (χ2v) is 4.02. The van der Waals surface area contributed by atoms with Crippen LogP contribution >= 0.6 is 0 Å². The van der Waals surface area contributed by atoms with Crippen LogP contribution in [0.25, 0.3) is 0 Å². The highest BCUT2D eigenvalue weighted by atomic mass is 19.1. The molecule has 0 atom stereocenters. The van der Waals surface area contributed by atoms with Crippen molar-refractivity contribution in [3.8, 4) is 0 Å². The molecule has 3 N–H and O–H groups in total. The van der Waals surface area contributed by atoms with Crippen LogP contribution in [-0.2, 0) is 13.6 Å². The first-order valence-electron chi connectivity index (χ1n) is 5.51. The summed E-state index contributed by atoms with van der Waals surface area (Å²) in [5.41, 5.74) is 7.01. The topological polar surface area (TPSA) is 60.0 Å². The molecule has 0 aliphatic heterocycles. The molecule has 1 heterocycles. The van der Waals surface area contributed by atoms with Crippen LogP contribution in [0, 0.1) is 5.82 Å². The first-order chi connectivity index (χ1) is 8.58. The molecule has 0 bridgehead atoms. The summed E-state index contributed by atoms with van der Waals surface area (Å²) >= 11 is 0. The number of amides is 1. The van der Waals surface area contributed by atoms with E-state index >= 15 is 0 Å². The monoisotopic (exact) mass is 247 g/mol. The molecular formula is C13H14FN3O. The van der Waals surface area contributed by atoms with Crippen molar-refractivity contribution in [2.45, 2.75) is 6.54 Å². The second kappa shape index (κ2) is 4.91. The van der Waals surface area contributed by atoms with Crippen LogP contribution < -0.4 is 11.1 Å². The Morgan fingerprint density at radius 1 is 1.44 bits per heavy atom. The summed E-state index contributed by atoms with van der Waals surface area (Å²) in [6.07, 6.45) is 1.89. The van der Waals surface area contributed by atoms with Crippen molar-refractivity contribution in [2.75, 3.05) is 5.73 Å². The third-order valence-electron chi connectivity index (χ3n) is 2.74. The lowest BCUT2D eigenvalue weighted by Gasteiger charge is -2.08. The minimum Gasteiger partial charge on any atom is -0.398 e. The lowest BCUT2D eigenvalue weighted by atomic mass is 10.1. The number of halogens is 1. The summed E-state index contributed by atoms with van der Waals surface area (Å²) in [4.78, 5) is 11.9. The fraction of sp³-hybridized carbons (Fsp3) is 0.154. The number of benzene rings is 1. The minimum atomic E-state index is -0.479. The molecule has 2 rings (SSSR count). The zero-order chi connectivity index (χ0) is 13.1. The summed E-state index contributed by atoms with van der Waals surface area (Å²) < 4.78 is 14.9. The SMILES string of the molecule is Cn1cccc1CNC(=O)c1cc(F)ccc1N. The molecule has 4 nitrogen and oxygen atoms in total. The first kappa shape index (κ1) is 12.2. The molecule has 0 unspecified atom stereocenters. The Labute approximate surface area is 104 Å². The van der Waals surface area contributed by atoms with Gasteiger partial charge in [-0.2, -0.15) is 0 Å². The van der Waals surface area contributed by atoms with E-state index in [4.69, 9.17) is 5.73 Å². The maximum Gasteiger partial charge on any atom is 0.253 e. The van der Waals surface area contributed by atoms with Gasteiger partial charge >= 0.3 is 0 Å². The summed E-state index contributed by atoms with van der Waals surface area (Å²) in [6, 6.07) is 7.53. The summed E-state index contributed by atoms with van der Waals surface area (Å²) in [5.74, 6) is -0.860. The van der Waals surface area contributed by atoms with Crippen molar-refractivity contribution >= 4 is 11.6 Å². The zero-order valence-corrected chi connectivity index (χ0v) is 9.98. The number of aromatic nitrogens is 1. The van der Waals surface area contributed by atoms with E-state index < -0.39 is 5.82 Å². The van der Waals surface area contributed by atoms with E-state index in [-0.39, 0.29) is 17.2 Å². The normalized spacial score (nSPS) is 10.3. The molecule has 0 saturated carbocycles. The minimum absolute atomic E-state index is 0.157. The summed E-state index contributed by atoms with van der Waals surface area (Å²) in [6.45, 7) is 0.373. The molecule has 0 aliphatic rings. The van der Waals surface area contributed by atoms with E-state index in [2.05, 4.69) is 5.32 Å². The number of nitrogens with zero attached hydrogens (tertiary/aromatic N) is 1. The van der Waals surface area contributed by atoms with Gasteiger partial charge in [-0.15, -0.1) is 0 Å². The maximum atomic E-state index is 13.0. The standard InChI is InChI=1S/C13H14FN3O/c1-17-6-2-3-10(17)8-16-13(18)11-7-9(14)4-5-12(11)15/h2-7H,8,15H2,1H3,(H,16,18). The van der Waals surface area contributed by atoms with Gasteiger partial charge in [0.2, 0.25) is 0 Å². The number of hydrogen-bond acceptors (Lipinski definition) is 2. The van der Waals surface area contributed by atoms with Gasteiger partial charge in [-0.05, 0) is 30.3 Å².